The topological polar surface area (TPSA) is 246 Å². The number of amides is 6. The molecule has 0 unspecified atom stereocenters. The predicted molar refractivity (Wildman–Crippen MR) is 181 cm³/mol. The van der Waals surface area contributed by atoms with E-state index in [2.05, 4.69) is 26.3 Å². The minimum atomic E-state index is -1.35. The van der Waals surface area contributed by atoms with Crippen LogP contribution in [0.2, 0.25) is 0 Å². The smallest absolute Gasteiger partial charge is 0.414 e. The molecule has 6 amide bonds. The Morgan fingerprint density at radius 1 is 0.612 bits per heavy atom. The first-order chi connectivity index (χ1) is 22.9. The molecule has 0 bridgehead atoms. The van der Waals surface area contributed by atoms with Crippen molar-refractivity contribution >= 4 is 42.3 Å². The normalized spacial score (nSPS) is 11.5. The van der Waals surface area contributed by atoms with Gasteiger partial charge in [-0.1, -0.05) is 25.7 Å². The number of carbonyl (C=O) groups excluding carboxylic acids is 4. The number of unbranched alkanes of at least 4 members (excludes halogenated alkanes) is 6. The van der Waals surface area contributed by atoms with E-state index in [-0.39, 0.29) is 19.0 Å². The van der Waals surface area contributed by atoms with E-state index in [9.17, 15) is 28.8 Å². The summed E-state index contributed by atoms with van der Waals surface area (Å²) in [5, 5.41) is 29.5. The van der Waals surface area contributed by atoms with Crippen LogP contribution in [0.25, 0.3) is 0 Å². The summed E-state index contributed by atoms with van der Waals surface area (Å²) in [6.45, 7) is 11.8. The van der Waals surface area contributed by atoms with Crippen molar-refractivity contribution < 1.29 is 53.2 Å². The number of guanidine groups is 1. The highest BCUT2D eigenvalue weighted by atomic mass is 16.6. The molecular formula is C31H57N7O11. The van der Waals surface area contributed by atoms with Gasteiger partial charge in [-0.15, -0.1) is 0 Å². The number of nitrogens with one attached hydrogen (secondary N) is 5. The van der Waals surface area contributed by atoms with Crippen molar-refractivity contribution in [2.75, 3.05) is 45.9 Å². The molecule has 0 spiro atoms. The van der Waals surface area contributed by atoms with Gasteiger partial charge in [-0.05, 0) is 73.6 Å². The van der Waals surface area contributed by atoms with Gasteiger partial charge < -0.3 is 45.3 Å². The van der Waals surface area contributed by atoms with Crippen molar-refractivity contribution in [2.24, 2.45) is 4.99 Å². The minimum Gasteiger partial charge on any atom is -0.465 e. The molecule has 0 atom stereocenters. The van der Waals surface area contributed by atoms with E-state index in [0.717, 1.165) is 32.1 Å². The molecule has 0 heterocycles. The van der Waals surface area contributed by atoms with E-state index in [4.69, 9.17) is 24.4 Å². The van der Waals surface area contributed by atoms with E-state index >= 15 is 0 Å². The Hall–Kier alpha value is -4.51. The van der Waals surface area contributed by atoms with Crippen LogP contribution in [0.4, 0.5) is 24.0 Å². The van der Waals surface area contributed by atoms with Crippen molar-refractivity contribution in [3.05, 3.63) is 0 Å². The molecule has 282 valence electrons. The summed E-state index contributed by atoms with van der Waals surface area (Å²) < 4.78 is 15.5. The zero-order valence-electron chi connectivity index (χ0n) is 29.8. The van der Waals surface area contributed by atoms with Crippen LogP contribution >= 0.6 is 0 Å². The number of aliphatic imine (C=N–C) groups is 1. The number of carboxylic acid groups (broad SMARTS) is 2. The average Bonchev–Trinajstić information content (AvgIpc) is 2.95. The maximum atomic E-state index is 12.5. The van der Waals surface area contributed by atoms with Crippen molar-refractivity contribution in [1.82, 2.24) is 31.5 Å². The van der Waals surface area contributed by atoms with Crippen LogP contribution in [-0.4, -0.2) is 115 Å². The van der Waals surface area contributed by atoms with Gasteiger partial charge in [0, 0.05) is 39.3 Å². The lowest BCUT2D eigenvalue weighted by molar-refractivity contribution is -0.123. The average molecular weight is 704 g/mol. The fourth-order valence-electron chi connectivity index (χ4n) is 3.91. The molecule has 0 aliphatic rings. The number of alkyl carbamates (subject to hydrolysis) is 2. The lowest BCUT2D eigenvalue weighted by Gasteiger charge is -2.27. The monoisotopic (exact) mass is 703 g/mol. The highest BCUT2D eigenvalue weighted by molar-refractivity contribution is 6.00. The van der Waals surface area contributed by atoms with Crippen molar-refractivity contribution in [1.29, 1.82) is 0 Å². The Balaban J connectivity index is 4.07. The lowest BCUT2D eigenvalue weighted by Crippen LogP contribution is -2.45. The van der Waals surface area contributed by atoms with Crippen LogP contribution < -0.4 is 26.6 Å². The minimum absolute atomic E-state index is 0.194. The maximum Gasteiger partial charge on any atom is 0.414 e. The van der Waals surface area contributed by atoms with Crippen molar-refractivity contribution in [2.45, 2.75) is 111 Å². The second-order valence-electron chi connectivity index (χ2n) is 13.0. The molecule has 0 aromatic rings. The highest BCUT2D eigenvalue weighted by Gasteiger charge is 2.22. The Morgan fingerprint density at radius 2 is 1.16 bits per heavy atom. The molecule has 0 aromatic carbocycles. The van der Waals surface area contributed by atoms with E-state index < -0.39 is 54.2 Å². The number of rotatable bonds is 20. The quantitative estimate of drug-likeness (QED) is 0.0413. The van der Waals surface area contributed by atoms with E-state index in [0.29, 0.717) is 51.9 Å². The molecular weight excluding hydrogens is 646 g/mol. The Kier molecular flexibility index (Phi) is 22.3. The second-order valence-corrected chi connectivity index (χ2v) is 13.0. The Bertz CT molecular complexity index is 1070. The summed E-state index contributed by atoms with van der Waals surface area (Å²) in [6, 6.07) is 0. The summed E-state index contributed by atoms with van der Waals surface area (Å²) in [6.07, 6.45) is 1.99. The van der Waals surface area contributed by atoms with Crippen LogP contribution in [0.3, 0.4) is 0 Å². The zero-order chi connectivity index (χ0) is 37.3. The van der Waals surface area contributed by atoms with E-state index in [1.807, 2.05) is 5.32 Å². The summed E-state index contributed by atoms with van der Waals surface area (Å²) >= 11 is 0. The third-order valence-corrected chi connectivity index (χ3v) is 6.01. The maximum absolute atomic E-state index is 12.5. The molecule has 18 nitrogen and oxygen atoms in total. The first kappa shape index (κ1) is 44.5. The number of hydrogen-bond acceptors (Lipinski definition) is 10. The van der Waals surface area contributed by atoms with Gasteiger partial charge >= 0.3 is 30.5 Å². The molecule has 18 heteroatoms. The van der Waals surface area contributed by atoms with Crippen LogP contribution in [0.15, 0.2) is 4.99 Å². The highest BCUT2D eigenvalue weighted by Crippen LogP contribution is 2.11. The third-order valence-electron chi connectivity index (χ3n) is 6.01. The molecule has 49 heavy (non-hydrogen) atoms. The third kappa shape index (κ3) is 29.4. The van der Waals surface area contributed by atoms with Crippen LogP contribution in [0.5, 0.6) is 0 Å². The molecule has 0 aromatic heterocycles. The molecule has 0 fully saturated rings. The molecule has 0 saturated carbocycles. The molecule has 0 rings (SSSR count). The Morgan fingerprint density at radius 3 is 1.78 bits per heavy atom. The molecule has 0 aliphatic carbocycles. The summed E-state index contributed by atoms with van der Waals surface area (Å²) in [5.41, 5.74) is -1.41. The van der Waals surface area contributed by atoms with Gasteiger partial charge in [-0.2, -0.15) is 0 Å². The molecule has 0 aliphatic heterocycles. The number of nitrogens with zero attached hydrogens (tertiary/aromatic N) is 2. The van der Waals surface area contributed by atoms with Crippen LogP contribution in [0, 0.1) is 0 Å². The number of ether oxygens (including phenoxy) is 3. The standard InChI is InChI=1S/C31H57N7O11/c1-30(2,3)48-28(45)37-24(36-26(42)43)33-17-12-10-8-7-9-11-16-32-23(39)22-47-27(44)35-18-13-14-20-38(21-15-19-34-25(40)41)29(46)49-31(4,5)6/h34H,7-22H2,1-6H3,(H,32,39)(H,35,44)(H,40,41)(H,42,43)(H2,33,36,37,45). The van der Waals surface area contributed by atoms with Crippen molar-refractivity contribution in [3.63, 3.8) is 0 Å². The SMILES string of the molecule is CC(C)(C)OC(=O)NC(=NCCCCCCCCNC(=O)COC(=O)NCCCCN(CCCNC(=O)O)C(=O)OC(C)(C)C)NC(=O)O. The Labute approximate surface area is 288 Å². The van der Waals surface area contributed by atoms with Crippen molar-refractivity contribution in [3.8, 4) is 0 Å². The van der Waals surface area contributed by atoms with E-state index in [1.165, 1.54) is 4.90 Å². The second kappa shape index (κ2) is 24.6. The number of hydrogen-bond donors (Lipinski definition) is 7. The van der Waals surface area contributed by atoms with Gasteiger partial charge in [0.2, 0.25) is 5.96 Å². The number of carbonyl (C=O) groups is 6. The molecule has 7 N–H and O–H groups in total. The first-order valence-electron chi connectivity index (χ1n) is 16.5. The summed E-state index contributed by atoms with van der Waals surface area (Å²) in [5.74, 6) is -0.607. The van der Waals surface area contributed by atoms with Gasteiger partial charge in [0.25, 0.3) is 5.91 Å². The largest absolute Gasteiger partial charge is 0.465 e. The van der Waals surface area contributed by atoms with Crippen LogP contribution in [-0.2, 0) is 19.0 Å². The summed E-state index contributed by atoms with van der Waals surface area (Å²) in [4.78, 5) is 75.4. The summed E-state index contributed by atoms with van der Waals surface area (Å²) in [7, 11) is 0. The fourth-order valence-corrected chi connectivity index (χ4v) is 3.91. The lowest BCUT2D eigenvalue weighted by atomic mass is 10.1. The van der Waals surface area contributed by atoms with Gasteiger partial charge in [-0.25, -0.2) is 24.0 Å². The fraction of sp³-hybridized carbons (Fsp3) is 0.774. The van der Waals surface area contributed by atoms with E-state index in [1.54, 1.807) is 41.5 Å². The zero-order valence-corrected chi connectivity index (χ0v) is 29.8. The van der Waals surface area contributed by atoms with Gasteiger partial charge in [0.05, 0.1) is 0 Å². The predicted octanol–water partition coefficient (Wildman–Crippen LogP) is 3.99. The molecule has 0 radical (unpaired) electrons. The van der Waals surface area contributed by atoms with Crippen LogP contribution in [0.1, 0.15) is 99.3 Å². The first-order valence-corrected chi connectivity index (χ1v) is 16.5. The van der Waals surface area contributed by atoms with Gasteiger partial charge in [-0.3, -0.25) is 20.4 Å². The van der Waals surface area contributed by atoms with Gasteiger partial charge in [0.15, 0.2) is 6.61 Å². The van der Waals surface area contributed by atoms with Gasteiger partial charge in [0.1, 0.15) is 11.2 Å². The molecule has 0 saturated heterocycles.